The monoisotopic (exact) mass is 293 g/mol. The summed E-state index contributed by atoms with van der Waals surface area (Å²) in [6, 6.07) is 5.18. The third kappa shape index (κ3) is 3.64. The van der Waals surface area contributed by atoms with Gasteiger partial charge in [0.05, 0.1) is 17.6 Å². The molecule has 1 heterocycles. The quantitative estimate of drug-likeness (QED) is 0.666. The maximum atomic E-state index is 11.1. The molecule has 0 amide bonds. The van der Waals surface area contributed by atoms with Crippen molar-refractivity contribution in [1.29, 1.82) is 0 Å². The van der Waals surface area contributed by atoms with E-state index in [9.17, 15) is 10.1 Å². The Morgan fingerprint density at radius 3 is 2.81 bits per heavy atom. The number of ether oxygens (including phenoxy) is 1. The molecule has 6 heteroatoms. The van der Waals surface area contributed by atoms with Gasteiger partial charge in [-0.25, -0.2) is 0 Å². The molecule has 0 aromatic heterocycles. The molecule has 1 fully saturated rings. The predicted molar refractivity (Wildman–Crippen MR) is 82.9 cm³/mol. The van der Waals surface area contributed by atoms with Gasteiger partial charge in [0.2, 0.25) is 0 Å². The molecule has 21 heavy (non-hydrogen) atoms. The zero-order chi connectivity index (χ0) is 15.4. The second kappa shape index (κ2) is 6.76. The predicted octanol–water partition coefficient (Wildman–Crippen LogP) is 2.56. The fraction of sp³-hybridized carbons (Fsp3) is 0.600. The molecule has 1 aromatic rings. The third-order valence-corrected chi connectivity index (χ3v) is 4.08. The molecule has 0 bridgehead atoms. The SMILES string of the molecule is CCOc1cc(N2CCC(N)C(CC)C2)cc([N+](=O)[O-])c1. The van der Waals surface area contributed by atoms with Crippen molar-refractivity contribution in [3.63, 3.8) is 0 Å². The van der Waals surface area contributed by atoms with E-state index in [1.807, 2.05) is 13.0 Å². The number of nitrogens with zero attached hydrogens (tertiary/aromatic N) is 2. The molecule has 1 aliphatic rings. The number of anilines is 1. The van der Waals surface area contributed by atoms with Crippen LogP contribution in [-0.2, 0) is 0 Å². The minimum Gasteiger partial charge on any atom is -0.494 e. The number of piperidine rings is 1. The number of rotatable bonds is 5. The van der Waals surface area contributed by atoms with E-state index in [0.29, 0.717) is 18.3 Å². The van der Waals surface area contributed by atoms with Gasteiger partial charge in [0.15, 0.2) is 0 Å². The molecule has 0 saturated carbocycles. The van der Waals surface area contributed by atoms with Gasteiger partial charge in [-0.1, -0.05) is 13.3 Å². The summed E-state index contributed by atoms with van der Waals surface area (Å²) in [7, 11) is 0. The summed E-state index contributed by atoms with van der Waals surface area (Å²) in [4.78, 5) is 12.9. The van der Waals surface area contributed by atoms with Crippen molar-refractivity contribution < 1.29 is 9.66 Å². The van der Waals surface area contributed by atoms with Crippen molar-refractivity contribution in [3.05, 3.63) is 28.3 Å². The second-order valence-electron chi connectivity index (χ2n) is 5.44. The number of nitro groups is 1. The van der Waals surface area contributed by atoms with Gasteiger partial charge in [-0.2, -0.15) is 0 Å². The van der Waals surface area contributed by atoms with Crippen LogP contribution in [0.3, 0.4) is 0 Å². The molecule has 1 aromatic carbocycles. The number of nitro benzene ring substituents is 1. The van der Waals surface area contributed by atoms with Crippen molar-refractivity contribution in [2.45, 2.75) is 32.7 Å². The van der Waals surface area contributed by atoms with Crippen LogP contribution in [0.5, 0.6) is 5.75 Å². The Labute approximate surface area is 125 Å². The van der Waals surface area contributed by atoms with Crippen molar-refractivity contribution in [2.24, 2.45) is 11.7 Å². The van der Waals surface area contributed by atoms with Gasteiger partial charge >= 0.3 is 0 Å². The molecule has 6 nitrogen and oxygen atoms in total. The van der Waals surface area contributed by atoms with Crippen LogP contribution in [0.4, 0.5) is 11.4 Å². The van der Waals surface area contributed by atoms with Gasteiger partial charge in [0.1, 0.15) is 5.75 Å². The van der Waals surface area contributed by atoms with E-state index in [1.54, 1.807) is 6.07 Å². The van der Waals surface area contributed by atoms with Crippen molar-refractivity contribution >= 4 is 11.4 Å². The first-order valence-electron chi connectivity index (χ1n) is 7.48. The average molecular weight is 293 g/mol. The topological polar surface area (TPSA) is 81.6 Å². The lowest BCUT2D eigenvalue weighted by atomic mass is 9.90. The molecule has 2 N–H and O–H groups in total. The first-order chi connectivity index (χ1) is 10.0. The highest BCUT2D eigenvalue weighted by Crippen LogP contribution is 2.31. The molecule has 0 spiro atoms. The van der Waals surface area contributed by atoms with E-state index >= 15 is 0 Å². The first-order valence-corrected chi connectivity index (χ1v) is 7.48. The lowest BCUT2D eigenvalue weighted by Crippen LogP contribution is -2.47. The number of hydrogen-bond acceptors (Lipinski definition) is 5. The standard InChI is InChI=1S/C15H23N3O3/c1-3-11-10-17(6-5-15(11)16)12-7-13(18(19)20)9-14(8-12)21-4-2/h7-9,11,15H,3-6,10,16H2,1-2H3. The summed E-state index contributed by atoms with van der Waals surface area (Å²) in [6.45, 7) is 6.15. The van der Waals surface area contributed by atoms with Gasteiger partial charge in [-0.3, -0.25) is 10.1 Å². The Balaban J connectivity index is 2.27. The van der Waals surface area contributed by atoms with Gasteiger partial charge < -0.3 is 15.4 Å². The molecule has 2 unspecified atom stereocenters. The Kier molecular flexibility index (Phi) is 5.01. The van der Waals surface area contributed by atoms with E-state index in [2.05, 4.69) is 11.8 Å². The summed E-state index contributed by atoms with van der Waals surface area (Å²) in [5.41, 5.74) is 7.04. The molecular weight excluding hydrogens is 270 g/mol. The summed E-state index contributed by atoms with van der Waals surface area (Å²) in [5.74, 6) is 0.971. The number of nitrogens with two attached hydrogens (primary N) is 1. The smallest absolute Gasteiger partial charge is 0.275 e. The zero-order valence-electron chi connectivity index (χ0n) is 12.6. The highest BCUT2D eigenvalue weighted by atomic mass is 16.6. The van der Waals surface area contributed by atoms with Crippen molar-refractivity contribution in [2.75, 3.05) is 24.6 Å². The van der Waals surface area contributed by atoms with Crippen LogP contribution >= 0.6 is 0 Å². The van der Waals surface area contributed by atoms with Crippen LogP contribution < -0.4 is 15.4 Å². The Morgan fingerprint density at radius 1 is 1.43 bits per heavy atom. The van der Waals surface area contributed by atoms with E-state index in [1.165, 1.54) is 6.07 Å². The van der Waals surface area contributed by atoms with Gasteiger partial charge in [0, 0.05) is 37.0 Å². The molecule has 0 radical (unpaired) electrons. The first kappa shape index (κ1) is 15.6. The van der Waals surface area contributed by atoms with Gasteiger partial charge in [-0.05, 0) is 19.3 Å². The zero-order valence-corrected chi connectivity index (χ0v) is 12.6. The van der Waals surface area contributed by atoms with E-state index < -0.39 is 0 Å². The number of hydrogen-bond donors (Lipinski definition) is 1. The Hall–Kier alpha value is -1.82. The average Bonchev–Trinajstić information content (AvgIpc) is 2.47. The highest BCUT2D eigenvalue weighted by molar-refractivity contribution is 5.58. The lowest BCUT2D eigenvalue weighted by molar-refractivity contribution is -0.384. The molecular formula is C15H23N3O3. The molecule has 1 saturated heterocycles. The number of non-ortho nitro benzene ring substituents is 1. The minimum atomic E-state index is -0.376. The molecule has 2 atom stereocenters. The maximum absolute atomic E-state index is 11.1. The molecule has 2 rings (SSSR count). The molecule has 1 aliphatic heterocycles. The summed E-state index contributed by atoms with van der Waals surface area (Å²) >= 11 is 0. The minimum absolute atomic E-state index is 0.0684. The van der Waals surface area contributed by atoms with Crippen molar-refractivity contribution in [1.82, 2.24) is 0 Å². The summed E-state index contributed by atoms with van der Waals surface area (Å²) in [6.07, 6.45) is 1.93. The lowest BCUT2D eigenvalue weighted by Gasteiger charge is -2.38. The number of benzene rings is 1. The van der Waals surface area contributed by atoms with Crippen LogP contribution in [0.15, 0.2) is 18.2 Å². The van der Waals surface area contributed by atoms with Crippen LogP contribution in [0.1, 0.15) is 26.7 Å². The largest absolute Gasteiger partial charge is 0.494 e. The summed E-state index contributed by atoms with van der Waals surface area (Å²) < 4.78 is 5.45. The third-order valence-electron chi connectivity index (χ3n) is 4.08. The maximum Gasteiger partial charge on any atom is 0.275 e. The van der Waals surface area contributed by atoms with E-state index in [0.717, 1.165) is 31.6 Å². The molecule has 0 aliphatic carbocycles. The van der Waals surface area contributed by atoms with Crippen LogP contribution in [0, 0.1) is 16.0 Å². The Bertz CT molecular complexity index is 507. The summed E-state index contributed by atoms with van der Waals surface area (Å²) in [5, 5.41) is 11.1. The van der Waals surface area contributed by atoms with E-state index in [-0.39, 0.29) is 16.7 Å². The normalized spacial score (nSPS) is 22.1. The van der Waals surface area contributed by atoms with Crippen LogP contribution in [-0.4, -0.2) is 30.7 Å². The fourth-order valence-corrected chi connectivity index (χ4v) is 2.82. The van der Waals surface area contributed by atoms with Gasteiger partial charge in [0.25, 0.3) is 5.69 Å². The second-order valence-corrected chi connectivity index (χ2v) is 5.44. The Morgan fingerprint density at radius 2 is 2.19 bits per heavy atom. The molecule has 116 valence electrons. The van der Waals surface area contributed by atoms with Crippen LogP contribution in [0.25, 0.3) is 0 Å². The van der Waals surface area contributed by atoms with Gasteiger partial charge in [-0.15, -0.1) is 0 Å². The highest BCUT2D eigenvalue weighted by Gasteiger charge is 2.26. The van der Waals surface area contributed by atoms with Crippen LogP contribution in [0.2, 0.25) is 0 Å². The van der Waals surface area contributed by atoms with Crippen molar-refractivity contribution in [3.8, 4) is 5.75 Å². The fourth-order valence-electron chi connectivity index (χ4n) is 2.82. The van der Waals surface area contributed by atoms with E-state index in [4.69, 9.17) is 10.5 Å².